The van der Waals surface area contributed by atoms with Gasteiger partial charge in [-0.2, -0.15) is 0 Å². The Morgan fingerprint density at radius 2 is 1.94 bits per heavy atom. The summed E-state index contributed by atoms with van der Waals surface area (Å²) in [7, 11) is 0. The third kappa shape index (κ3) is 3.94. The molecule has 2 aliphatic heterocycles. The van der Waals surface area contributed by atoms with E-state index in [0.29, 0.717) is 13.1 Å². The van der Waals surface area contributed by atoms with E-state index in [9.17, 15) is 14.4 Å². The lowest BCUT2D eigenvalue weighted by Crippen LogP contribution is -2.30. The maximum Gasteiger partial charge on any atom is 0.230 e. The summed E-state index contributed by atoms with van der Waals surface area (Å²) >= 11 is 1.62. The Bertz CT molecular complexity index is 1070. The van der Waals surface area contributed by atoms with Gasteiger partial charge in [0.2, 0.25) is 17.7 Å². The molecule has 5 rings (SSSR count). The van der Waals surface area contributed by atoms with Gasteiger partial charge in [-0.3, -0.25) is 14.4 Å². The zero-order valence-corrected chi connectivity index (χ0v) is 18.3. The molecule has 6 nitrogen and oxygen atoms in total. The minimum atomic E-state index is -0.383. The summed E-state index contributed by atoms with van der Waals surface area (Å²) in [4.78, 5) is 42.6. The lowest BCUT2D eigenvalue weighted by molar-refractivity contribution is -0.122. The first-order valence-corrected chi connectivity index (χ1v) is 12.0. The largest absolute Gasteiger partial charge is 0.326 e. The topological polar surface area (TPSA) is 69.7 Å². The molecule has 1 saturated heterocycles. The average molecular weight is 436 g/mol. The molecule has 1 N–H and O–H groups in total. The number of fused-ring (bicyclic) bond motifs is 1. The van der Waals surface area contributed by atoms with E-state index in [1.54, 1.807) is 16.7 Å². The Hall–Kier alpha value is -2.80. The summed E-state index contributed by atoms with van der Waals surface area (Å²) < 4.78 is 0. The van der Waals surface area contributed by atoms with Crippen molar-refractivity contribution in [1.82, 2.24) is 0 Å². The third-order valence-corrected chi connectivity index (χ3v) is 7.02. The normalized spacial score (nSPS) is 20.2. The highest BCUT2D eigenvalue weighted by Gasteiger charge is 2.38. The molecule has 31 heavy (non-hydrogen) atoms. The smallest absolute Gasteiger partial charge is 0.230 e. The molecule has 1 atom stereocenters. The first kappa shape index (κ1) is 20.1. The predicted molar refractivity (Wildman–Crippen MR) is 123 cm³/mol. The van der Waals surface area contributed by atoms with Crippen molar-refractivity contribution in [2.45, 2.75) is 30.6 Å². The standard InChI is InChI=1S/C24H25N3O3S/c1-31-20-4-2-3-18(13-20)25-23(29)17-12-22(28)27(14-17)19-7-8-21-16(11-19)9-10-26(21)24(30)15-5-6-15/h2-4,7-8,11,13,15,17H,5-6,9-10,12,14H2,1H3,(H,25,29)/t17-/m0/s1. The van der Waals surface area contributed by atoms with Crippen LogP contribution in [0.15, 0.2) is 47.4 Å². The Labute approximate surface area is 186 Å². The number of carbonyl (C=O) groups is 3. The van der Waals surface area contributed by atoms with E-state index in [1.807, 2.05) is 53.6 Å². The van der Waals surface area contributed by atoms with Crippen LogP contribution in [-0.4, -0.2) is 37.1 Å². The van der Waals surface area contributed by atoms with Crippen molar-refractivity contribution in [1.29, 1.82) is 0 Å². The number of benzene rings is 2. The van der Waals surface area contributed by atoms with Crippen LogP contribution in [0, 0.1) is 11.8 Å². The number of nitrogens with zero attached hydrogens (tertiary/aromatic N) is 2. The summed E-state index contributed by atoms with van der Waals surface area (Å²) in [6.45, 7) is 1.08. The Kier molecular flexibility index (Phi) is 5.22. The van der Waals surface area contributed by atoms with Gasteiger partial charge in [0.05, 0.1) is 5.92 Å². The highest BCUT2D eigenvalue weighted by atomic mass is 32.2. The van der Waals surface area contributed by atoms with Crippen molar-refractivity contribution in [3.63, 3.8) is 0 Å². The van der Waals surface area contributed by atoms with Gasteiger partial charge < -0.3 is 15.1 Å². The van der Waals surface area contributed by atoms with Crippen LogP contribution < -0.4 is 15.1 Å². The number of anilines is 3. The fourth-order valence-corrected chi connectivity index (χ4v) is 4.87. The first-order chi connectivity index (χ1) is 15.0. The summed E-state index contributed by atoms with van der Waals surface area (Å²) in [6, 6.07) is 13.6. The molecule has 3 aliphatic rings. The predicted octanol–water partition coefficient (Wildman–Crippen LogP) is 3.70. The summed E-state index contributed by atoms with van der Waals surface area (Å²) in [5.41, 5.74) is 3.63. The second-order valence-corrected chi connectivity index (χ2v) is 9.33. The van der Waals surface area contributed by atoms with E-state index in [2.05, 4.69) is 5.32 Å². The lowest BCUT2D eigenvalue weighted by Gasteiger charge is -2.20. The second kappa shape index (κ2) is 8.04. The molecule has 0 bridgehead atoms. The van der Waals surface area contributed by atoms with Gasteiger partial charge in [-0.05, 0) is 67.5 Å². The number of hydrogen-bond donors (Lipinski definition) is 1. The third-order valence-electron chi connectivity index (χ3n) is 6.30. The van der Waals surface area contributed by atoms with E-state index >= 15 is 0 Å². The monoisotopic (exact) mass is 435 g/mol. The highest BCUT2D eigenvalue weighted by Crippen LogP contribution is 2.38. The van der Waals surface area contributed by atoms with Crippen LogP contribution in [0.25, 0.3) is 0 Å². The zero-order chi connectivity index (χ0) is 21.5. The molecule has 160 valence electrons. The van der Waals surface area contributed by atoms with Crippen LogP contribution in [0.5, 0.6) is 0 Å². The minimum absolute atomic E-state index is 0.0399. The summed E-state index contributed by atoms with van der Waals surface area (Å²) in [6.07, 6.45) is 5.00. The molecular formula is C24H25N3O3S. The fourth-order valence-electron chi connectivity index (χ4n) is 4.41. The van der Waals surface area contributed by atoms with Crippen LogP contribution >= 0.6 is 11.8 Å². The van der Waals surface area contributed by atoms with Crippen molar-refractivity contribution in [3.05, 3.63) is 48.0 Å². The number of thioether (sulfide) groups is 1. The van der Waals surface area contributed by atoms with Gasteiger partial charge >= 0.3 is 0 Å². The number of rotatable bonds is 5. The first-order valence-electron chi connectivity index (χ1n) is 10.7. The molecule has 1 saturated carbocycles. The fraction of sp³-hybridized carbons (Fsp3) is 0.375. The van der Waals surface area contributed by atoms with Gasteiger partial charge in [0.25, 0.3) is 0 Å². The quantitative estimate of drug-likeness (QED) is 0.727. The van der Waals surface area contributed by atoms with E-state index in [-0.39, 0.29) is 36.0 Å². The molecule has 2 aromatic rings. The van der Waals surface area contributed by atoms with Crippen LogP contribution in [0.4, 0.5) is 17.1 Å². The van der Waals surface area contributed by atoms with Gasteiger partial charge in [-0.25, -0.2) is 0 Å². The molecule has 2 aromatic carbocycles. The van der Waals surface area contributed by atoms with E-state index in [0.717, 1.165) is 46.8 Å². The molecule has 3 amide bonds. The molecule has 7 heteroatoms. The van der Waals surface area contributed by atoms with Gasteiger partial charge in [-0.1, -0.05) is 6.07 Å². The molecule has 0 radical (unpaired) electrons. The van der Waals surface area contributed by atoms with E-state index in [4.69, 9.17) is 0 Å². The Morgan fingerprint density at radius 3 is 2.71 bits per heavy atom. The highest BCUT2D eigenvalue weighted by molar-refractivity contribution is 7.98. The molecule has 2 fully saturated rings. The Balaban J connectivity index is 1.28. The summed E-state index contributed by atoms with van der Waals surface area (Å²) in [5, 5.41) is 2.95. The van der Waals surface area contributed by atoms with Crippen LogP contribution in [0.3, 0.4) is 0 Å². The molecule has 0 unspecified atom stereocenters. The van der Waals surface area contributed by atoms with Crippen molar-refractivity contribution in [2.24, 2.45) is 11.8 Å². The van der Waals surface area contributed by atoms with Gasteiger partial charge in [0.15, 0.2) is 0 Å². The molecule has 0 aromatic heterocycles. The van der Waals surface area contributed by atoms with Crippen molar-refractivity contribution in [2.75, 3.05) is 34.5 Å². The van der Waals surface area contributed by atoms with E-state index in [1.165, 1.54) is 0 Å². The van der Waals surface area contributed by atoms with E-state index < -0.39 is 0 Å². The maximum absolute atomic E-state index is 12.8. The second-order valence-electron chi connectivity index (χ2n) is 8.45. The zero-order valence-electron chi connectivity index (χ0n) is 17.5. The molecule has 0 spiro atoms. The minimum Gasteiger partial charge on any atom is -0.326 e. The number of hydrogen-bond acceptors (Lipinski definition) is 4. The molecule has 2 heterocycles. The van der Waals surface area contributed by atoms with Gasteiger partial charge in [0, 0.05) is 47.4 Å². The molecular weight excluding hydrogens is 410 g/mol. The number of carbonyl (C=O) groups excluding carboxylic acids is 3. The number of amides is 3. The van der Waals surface area contributed by atoms with Crippen LogP contribution in [0.2, 0.25) is 0 Å². The maximum atomic E-state index is 12.8. The van der Waals surface area contributed by atoms with Crippen molar-refractivity contribution >= 4 is 46.5 Å². The average Bonchev–Trinajstić information content (AvgIpc) is 3.43. The van der Waals surface area contributed by atoms with Gasteiger partial charge in [0.1, 0.15) is 0 Å². The van der Waals surface area contributed by atoms with Crippen molar-refractivity contribution in [3.8, 4) is 0 Å². The summed E-state index contributed by atoms with van der Waals surface area (Å²) in [5.74, 6) is -0.127. The lowest BCUT2D eigenvalue weighted by atomic mass is 10.1. The Morgan fingerprint density at radius 1 is 1.10 bits per heavy atom. The van der Waals surface area contributed by atoms with Crippen LogP contribution in [-0.2, 0) is 20.8 Å². The molecule has 1 aliphatic carbocycles. The number of nitrogens with one attached hydrogen (secondary N) is 1. The SMILES string of the molecule is CSc1cccc(NC(=O)[C@H]2CC(=O)N(c3ccc4c(c3)CCN4C(=O)C3CC3)C2)c1. The van der Waals surface area contributed by atoms with Gasteiger partial charge in [-0.15, -0.1) is 11.8 Å². The van der Waals surface area contributed by atoms with Crippen LogP contribution in [0.1, 0.15) is 24.8 Å². The van der Waals surface area contributed by atoms with Crippen molar-refractivity contribution < 1.29 is 14.4 Å².